The topological polar surface area (TPSA) is 3.24 Å². The second-order valence-corrected chi connectivity index (χ2v) is 6.06. The van der Waals surface area contributed by atoms with Gasteiger partial charge in [-0.05, 0) is 37.4 Å². The summed E-state index contributed by atoms with van der Waals surface area (Å²) in [5.74, 6) is 1.60. The SMILES string of the molecule is CCC1CCN(CC(CBr)c2ccccc2)CC1. The molecule has 2 rings (SSSR count). The number of rotatable bonds is 5. The van der Waals surface area contributed by atoms with Gasteiger partial charge in [0.05, 0.1) is 0 Å². The molecule has 0 N–H and O–H groups in total. The van der Waals surface area contributed by atoms with E-state index in [-0.39, 0.29) is 0 Å². The van der Waals surface area contributed by atoms with Gasteiger partial charge in [-0.2, -0.15) is 0 Å². The maximum absolute atomic E-state index is 3.68. The number of hydrogen-bond acceptors (Lipinski definition) is 1. The summed E-state index contributed by atoms with van der Waals surface area (Å²) in [7, 11) is 0. The van der Waals surface area contributed by atoms with E-state index in [1.165, 1.54) is 44.5 Å². The van der Waals surface area contributed by atoms with Crippen LogP contribution < -0.4 is 0 Å². The fourth-order valence-corrected chi connectivity index (χ4v) is 3.44. The smallest absolute Gasteiger partial charge is 0.0112 e. The van der Waals surface area contributed by atoms with Gasteiger partial charge in [-0.15, -0.1) is 0 Å². The zero-order chi connectivity index (χ0) is 12.8. The van der Waals surface area contributed by atoms with Crippen LogP contribution in [0.5, 0.6) is 0 Å². The number of likely N-dealkylation sites (tertiary alicyclic amines) is 1. The highest BCUT2D eigenvalue weighted by Gasteiger charge is 2.20. The summed E-state index contributed by atoms with van der Waals surface area (Å²) in [5, 5.41) is 1.06. The van der Waals surface area contributed by atoms with Gasteiger partial charge in [-0.1, -0.05) is 59.6 Å². The largest absolute Gasteiger partial charge is 0.303 e. The Kier molecular flexibility index (Phi) is 5.71. The van der Waals surface area contributed by atoms with E-state index in [4.69, 9.17) is 0 Å². The predicted molar refractivity (Wildman–Crippen MR) is 82.4 cm³/mol. The molecule has 2 heteroatoms. The summed E-state index contributed by atoms with van der Waals surface area (Å²) in [6, 6.07) is 10.9. The molecule has 0 aliphatic carbocycles. The van der Waals surface area contributed by atoms with E-state index in [1.807, 2.05) is 0 Å². The summed E-state index contributed by atoms with van der Waals surface area (Å²) in [5.41, 5.74) is 1.46. The van der Waals surface area contributed by atoms with Gasteiger partial charge in [0.25, 0.3) is 0 Å². The third-order valence-electron chi connectivity index (χ3n) is 4.22. The molecule has 0 saturated carbocycles. The lowest BCUT2D eigenvalue weighted by Crippen LogP contribution is -2.36. The molecule has 1 unspecified atom stereocenters. The van der Waals surface area contributed by atoms with E-state index >= 15 is 0 Å². The van der Waals surface area contributed by atoms with E-state index in [9.17, 15) is 0 Å². The monoisotopic (exact) mass is 309 g/mol. The molecule has 1 atom stereocenters. The Balaban J connectivity index is 1.88. The van der Waals surface area contributed by atoms with Crippen LogP contribution in [0.1, 0.15) is 37.7 Å². The maximum Gasteiger partial charge on any atom is 0.0112 e. The summed E-state index contributed by atoms with van der Waals surface area (Å²) >= 11 is 3.68. The second kappa shape index (κ2) is 7.30. The minimum Gasteiger partial charge on any atom is -0.303 e. The van der Waals surface area contributed by atoms with Crippen LogP contribution in [0.4, 0.5) is 0 Å². The Labute approximate surface area is 120 Å². The highest BCUT2D eigenvalue weighted by molar-refractivity contribution is 9.09. The molecule has 0 amide bonds. The summed E-state index contributed by atoms with van der Waals surface area (Å²) in [4.78, 5) is 2.64. The van der Waals surface area contributed by atoms with Crippen molar-refractivity contribution in [2.45, 2.75) is 32.1 Å². The third-order valence-corrected chi connectivity index (χ3v) is 5.00. The van der Waals surface area contributed by atoms with Crippen molar-refractivity contribution in [3.63, 3.8) is 0 Å². The lowest BCUT2D eigenvalue weighted by molar-refractivity contribution is 0.176. The first-order valence-corrected chi connectivity index (χ1v) is 8.29. The molecule has 1 heterocycles. The molecule has 100 valence electrons. The first-order valence-electron chi connectivity index (χ1n) is 7.16. The van der Waals surface area contributed by atoms with Crippen molar-refractivity contribution in [3.05, 3.63) is 35.9 Å². The van der Waals surface area contributed by atoms with Crippen molar-refractivity contribution in [1.29, 1.82) is 0 Å². The van der Waals surface area contributed by atoms with Crippen molar-refractivity contribution >= 4 is 15.9 Å². The highest BCUT2D eigenvalue weighted by Crippen LogP contribution is 2.24. The molecule has 1 aromatic carbocycles. The van der Waals surface area contributed by atoms with Crippen LogP contribution in [-0.4, -0.2) is 29.9 Å². The molecule has 0 bridgehead atoms. The number of hydrogen-bond donors (Lipinski definition) is 0. The normalized spacial score (nSPS) is 19.9. The molecular weight excluding hydrogens is 286 g/mol. The average molecular weight is 310 g/mol. The number of halogens is 1. The minimum atomic E-state index is 0.629. The van der Waals surface area contributed by atoms with E-state index in [2.05, 4.69) is 58.1 Å². The molecular formula is C16H24BrN. The Morgan fingerprint density at radius 3 is 2.44 bits per heavy atom. The quantitative estimate of drug-likeness (QED) is 0.734. The first-order chi connectivity index (χ1) is 8.83. The van der Waals surface area contributed by atoms with Crippen LogP contribution in [0.15, 0.2) is 30.3 Å². The van der Waals surface area contributed by atoms with E-state index in [1.54, 1.807) is 0 Å². The fraction of sp³-hybridized carbons (Fsp3) is 0.625. The van der Waals surface area contributed by atoms with Crippen LogP contribution in [-0.2, 0) is 0 Å². The van der Waals surface area contributed by atoms with Gasteiger partial charge < -0.3 is 4.90 Å². The van der Waals surface area contributed by atoms with Crippen molar-refractivity contribution in [2.75, 3.05) is 25.0 Å². The first kappa shape index (κ1) is 14.1. The Morgan fingerprint density at radius 1 is 1.22 bits per heavy atom. The van der Waals surface area contributed by atoms with Crippen LogP contribution in [0.2, 0.25) is 0 Å². The second-order valence-electron chi connectivity index (χ2n) is 5.41. The standard InChI is InChI=1S/C16H24BrN/c1-2-14-8-10-18(11-9-14)13-16(12-17)15-6-4-3-5-7-15/h3-7,14,16H,2,8-13H2,1H3. The third kappa shape index (κ3) is 3.83. The van der Waals surface area contributed by atoms with E-state index in [0.717, 1.165) is 11.2 Å². The molecule has 1 nitrogen and oxygen atoms in total. The molecule has 1 aromatic rings. The van der Waals surface area contributed by atoms with Crippen molar-refractivity contribution in [2.24, 2.45) is 5.92 Å². The van der Waals surface area contributed by atoms with Crippen molar-refractivity contribution in [1.82, 2.24) is 4.90 Å². The molecule has 1 aliphatic rings. The minimum absolute atomic E-state index is 0.629. The van der Waals surface area contributed by atoms with Gasteiger partial charge in [0.1, 0.15) is 0 Å². The zero-order valence-electron chi connectivity index (χ0n) is 11.3. The molecule has 0 spiro atoms. The number of piperidine rings is 1. The molecule has 1 aliphatic heterocycles. The average Bonchev–Trinajstić information content (AvgIpc) is 2.46. The van der Waals surface area contributed by atoms with E-state index in [0.29, 0.717) is 5.92 Å². The van der Waals surface area contributed by atoms with Gasteiger partial charge in [-0.3, -0.25) is 0 Å². The van der Waals surface area contributed by atoms with Crippen LogP contribution >= 0.6 is 15.9 Å². The number of nitrogens with zero attached hydrogens (tertiary/aromatic N) is 1. The molecule has 18 heavy (non-hydrogen) atoms. The lowest BCUT2D eigenvalue weighted by atomic mass is 9.93. The zero-order valence-corrected chi connectivity index (χ0v) is 12.9. The molecule has 1 fully saturated rings. The van der Waals surface area contributed by atoms with Gasteiger partial charge in [0.15, 0.2) is 0 Å². The highest BCUT2D eigenvalue weighted by atomic mass is 79.9. The Hall–Kier alpha value is -0.340. The van der Waals surface area contributed by atoms with Crippen LogP contribution in [0, 0.1) is 5.92 Å². The van der Waals surface area contributed by atoms with E-state index < -0.39 is 0 Å². The van der Waals surface area contributed by atoms with Gasteiger partial charge in [-0.25, -0.2) is 0 Å². The van der Waals surface area contributed by atoms with Crippen LogP contribution in [0.3, 0.4) is 0 Å². The molecule has 0 radical (unpaired) electrons. The molecule has 1 saturated heterocycles. The summed E-state index contributed by atoms with van der Waals surface area (Å²) < 4.78 is 0. The summed E-state index contributed by atoms with van der Waals surface area (Å²) in [6.07, 6.45) is 4.13. The number of alkyl halides is 1. The lowest BCUT2D eigenvalue weighted by Gasteiger charge is -2.33. The summed E-state index contributed by atoms with van der Waals surface area (Å²) in [6.45, 7) is 6.10. The van der Waals surface area contributed by atoms with Gasteiger partial charge in [0.2, 0.25) is 0 Å². The molecule has 0 aromatic heterocycles. The predicted octanol–water partition coefficient (Wildman–Crippen LogP) is 4.29. The van der Waals surface area contributed by atoms with Crippen LogP contribution in [0.25, 0.3) is 0 Å². The number of benzene rings is 1. The fourth-order valence-electron chi connectivity index (χ4n) is 2.86. The maximum atomic E-state index is 3.68. The van der Waals surface area contributed by atoms with Gasteiger partial charge in [0, 0.05) is 17.8 Å². The Bertz CT molecular complexity index is 330. The van der Waals surface area contributed by atoms with Gasteiger partial charge >= 0.3 is 0 Å². The Morgan fingerprint density at radius 2 is 1.89 bits per heavy atom. The van der Waals surface area contributed by atoms with Crippen molar-refractivity contribution < 1.29 is 0 Å². The van der Waals surface area contributed by atoms with Crippen molar-refractivity contribution in [3.8, 4) is 0 Å².